The molecule has 4 fully saturated rings. The Labute approximate surface area is 192 Å². The topological polar surface area (TPSA) is 77.2 Å². The van der Waals surface area contributed by atoms with Crippen LogP contribution >= 0.6 is 0 Å². The van der Waals surface area contributed by atoms with Crippen molar-refractivity contribution in [2.24, 2.45) is 40.4 Å². The first-order valence-corrected chi connectivity index (χ1v) is 12.8. The van der Waals surface area contributed by atoms with Gasteiger partial charge in [0.15, 0.2) is 5.78 Å². The van der Waals surface area contributed by atoms with Crippen LogP contribution in [0.5, 0.6) is 0 Å². The summed E-state index contributed by atoms with van der Waals surface area (Å²) in [5.74, 6) is 2.98. The Hall–Kier alpha value is -1.27. The SMILES string of the molecule is COC[C@]12CC[C@@](C)(O)C[C@H]1CC[C@H]1[C@@H]3CC[C@H](C(=O)Cn4ncc(C)n4)[C@@]3(C)CC[C@@H]12. The largest absolute Gasteiger partial charge is 0.390 e. The second-order valence-electron chi connectivity index (χ2n) is 12.2. The van der Waals surface area contributed by atoms with E-state index >= 15 is 0 Å². The van der Waals surface area contributed by atoms with Gasteiger partial charge in [-0.1, -0.05) is 6.92 Å². The second kappa shape index (κ2) is 7.90. The van der Waals surface area contributed by atoms with Crippen LogP contribution < -0.4 is 0 Å². The van der Waals surface area contributed by atoms with Crippen molar-refractivity contribution >= 4 is 5.78 Å². The Morgan fingerprint density at radius 3 is 2.69 bits per heavy atom. The molecule has 0 unspecified atom stereocenters. The molecule has 6 heteroatoms. The number of aliphatic hydroxyl groups is 1. The van der Waals surface area contributed by atoms with E-state index in [2.05, 4.69) is 17.1 Å². The highest BCUT2D eigenvalue weighted by atomic mass is 16.5. The standard InChI is InChI=1S/C26H41N3O3/c1-17-14-27-29(28-17)15-23(30)22-8-7-20-19-6-5-18-13-24(2,31)11-12-26(18,16-32-4)21(19)9-10-25(20,22)3/h14,18-22,31H,5-13,15-16H2,1-4H3/t18-,19+,20+,21+,22-,24-,25+,26-/m1/s1. The van der Waals surface area contributed by atoms with Gasteiger partial charge in [-0.25, -0.2) is 0 Å². The summed E-state index contributed by atoms with van der Waals surface area (Å²) in [7, 11) is 1.85. The number of rotatable bonds is 5. The van der Waals surface area contributed by atoms with Gasteiger partial charge in [-0.2, -0.15) is 15.0 Å². The zero-order valence-electron chi connectivity index (χ0n) is 20.3. The molecule has 0 bridgehead atoms. The number of fused-ring (bicyclic) bond motifs is 5. The van der Waals surface area contributed by atoms with Crippen molar-refractivity contribution in [2.45, 2.75) is 90.7 Å². The summed E-state index contributed by atoms with van der Waals surface area (Å²) in [4.78, 5) is 14.9. The highest BCUT2D eigenvalue weighted by Crippen LogP contribution is 2.68. The van der Waals surface area contributed by atoms with Crippen LogP contribution in [0.4, 0.5) is 0 Å². The maximum Gasteiger partial charge on any atom is 0.159 e. The molecule has 1 aromatic heterocycles. The Bertz CT molecular complexity index is 866. The maximum absolute atomic E-state index is 13.4. The number of ether oxygens (including phenoxy) is 1. The van der Waals surface area contributed by atoms with Crippen LogP contribution in [0.15, 0.2) is 6.20 Å². The molecule has 1 heterocycles. The van der Waals surface area contributed by atoms with Crippen molar-refractivity contribution in [3.63, 3.8) is 0 Å². The minimum Gasteiger partial charge on any atom is -0.390 e. The van der Waals surface area contributed by atoms with Gasteiger partial charge in [0.05, 0.1) is 24.1 Å². The third-order valence-electron chi connectivity index (χ3n) is 10.4. The molecule has 32 heavy (non-hydrogen) atoms. The van der Waals surface area contributed by atoms with E-state index < -0.39 is 5.60 Å². The van der Waals surface area contributed by atoms with E-state index in [1.807, 2.05) is 21.0 Å². The Morgan fingerprint density at radius 2 is 1.97 bits per heavy atom. The molecule has 5 rings (SSSR count). The maximum atomic E-state index is 13.4. The number of ketones is 1. The molecule has 4 aliphatic rings. The lowest BCUT2D eigenvalue weighted by atomic mass is 9.43. The van der Waals surface area contributed by atoms with Gasteiger partial charge in [0, 0.05) is 13.0 Å². The fourth-order valence-corrected chi connectivity index (χ4v) is 9.02. The van der Waals surface area contributed by atoms with Crippen molar-refractivity contribution in [2.75, 3.05) is 13.7 Å². The molecular weight excluding hydrogens is 402 g/mol. The number of nitrogens with zero attached hydrogens (tertiary/aromatic N) is 3. The fraction of sp³-hybridized carbons (Fsp3) is 0.885. The summed E-state index contributed by atoms with van der Waals surface area (Å²) < 4.78 is 5.87. The first kappa shape index (κ1) is 22.5. The molecule has 0 amide bonds. The highest BCUT2D eigenvalue weighted by Gasteiger charge is 2.63. The van der Waals surface area contributed by atoms with E-state index in [0.717, 1.165) is 44.4 Å². The van der Waals surface area contributed by atoms with Crippen LogP contribution in [0, 0.1) is 47.3 Å². The molecule has 4 saturated carbocycles. The quantitative estimate of drug-likeness (QED) is 0.738. The number of Topliss-reactive ketones (excluding diaryl/α,β-unsaturated/α-hetero) is 1. The lowest BCUT2D eigenvalue weighted by Crippen LogP contribution is -2.58. The average molecular weight is 444 g/mol. The molecule has 0 spiro atoms. The fourth-order valence-electron chi connectivity index (χ4n) is 9.02. The van der Waals surface area contributed by atoms with E-state index in [-0.39, 0.29) is 16.7 Å². The monoisotopic (exact) mass is 443 g/mol. The first-order chi connectivity index (χ1) is 15.2. The molecule has 0 aromatic carbocycles. The third kappa shape index (κ3) is 3.48. The van der Waals surface area contributed by atoms with Gasteiger partial charge >= 0.3 is 0 Å². The van der Waals surface area contributed by atoms with Crippen LogP contribution in [0.2, 0.25) is 0 Å². The Morgan fingerprint density at radius 1 is 1.16 bits per heavy atom. The molecule has 0 radical (unpaired) electrons. The molecule has 1 aromatic rings. The number of carbonyl (C=O) groups excluding carboxylic acids is 1. The number of carbonyl (C=O) groups is 1. The van der Waals surface area contributed by atoms with Crippen molar-refractivity contribution in [1.29, 1.82) is 0 Å². The van der Waals surface area contributed by atoms with Gasteiger partial charge in [-0.05, 0) is 106 Å². The van der Waals surface area contributed by atoms with Gasteiger partial charge in [0.1, 0.15) is 6.54 Å². The third-order valence-corrected chi connectivity index (χ3v) is 10.4. The van der Waals surface area contributed by atoms with Gasteiger partial charge in [0.2, 0.25) is 0 Å². The number of hydrogen-bond donors (Lipinski definition) is 1. The second-order valence-corrected chi connectivity index (χ2v) is 12.2. The number of hydrogen-bond acceptors (Lipinski definition) is 5. The van der Waals surface area contributed by atoms with Crippen molar-refractivity contribution in [3.8, 4) is 0 Å². The van der Waals surface area contributed by atoms with Crippen LogP contribution in [0.1, 0.15) is 77.3 Å². The minimum absolute atomic E-state index is 0.0989. The molecule has 0 saturated heterocycles. The summed E-state index contributed by atoms with van der Waals surface area (Å²) in [6, 6.07) is 0. The number of aromatic nitrogens is 3. The molecule has 8 atom stereocenters. The molecule has 6 nitrogen and oxygen atoms in total. The van der Waals surface area contributed by atoms with Crippen LogP contribution in [-0.4, -0.2) is 45.2 Å². The van der Waals surface area contributed by atoms with Crippen LogP contribution in [-0.2, 0) is 16.1 Å². The number of methoxy groups -OCH3 is 1. The predicted molar refractivity (Wildman–Crippen MR) is 122 cm³/mol. The summed E-state index contributed by atoms with van der Waals surface area (Å²) in [5, 5.41) is 19.4. The zero-order chi connectivity index (χ0) is 22.7. The average Bonchev–Trinajstić information content (AvgIpc) is 3.30. The molecule has 178 valence electrons. The molecule has 0 aliphatic heterocycles. The van der Waals surface area contributed by atoms with Crippen LogP contribution in [0.25, 0.3) is 0 Å². The smallest absolute Gasteiger partial charge is 0.159 e. The molecular formula is C26H41N3O3. The summed E-state index contributed by atoms with van der Waals surface area (Å²) in [6.07, 6.45) is 11.6. The van der Waals surface area contributed by atoms with E-state index in [1.165, 1.54) is 25.7 Å². The van der Waals surface area contributed by atoms with Gasteiger partial charge < -0.3 is 9.84 Å². The Balaban J connectivity index is 1.37. The van der Waals surface area contributed by atoms with E-state index in [1.54, 1.807) is 11.0 Å². The number of aryl methyl sites for hydroxylation is 1. The van der Waals surface area contributed by atoms with E-state index in [9.17, 15) is 9.90 Å². The van der Waals surface area contributed by atoms with Crippen LogP contribution in [0.3, 0.4) is 0 Å². The molecule has 1 N–H and O–H groups in total. The van der Waals surface area contributed by atoms with Gasteiger partial charge in [-0.15, -0.1) is 0 Å². The predicted octanol–water partition coefficient (Wildman–Crippen LogP) is 4.19. The normalized spacial score (nSPS) is 45.7. The van der Waals surface area contributed by atoms with Crippen molar-refractivity contribution < 1.29 is 14.6 Å². The zero-order valence-corrected chi connectivity index (χ0v) is 20.3. The first-order valence-electron chi connectivity index (χ1n) is 12.8. The summed E-state index contributed by atoms with van der Waals surface area (Å²) in [5.41, 5.74) is 0.643. The van der Waals surface area contributed by atoms with E-state index in [4.69, 9.17) is 4.74 Å². The van der Waals surface area contributed by atoms with Gasteiger partial charge in [-0.3, -0.25) is 4.79 Å². The minimum atomic E-state index is -0.526. The van der Waals surface area contributed by atoms with Gasteiger partial charge in [0.25, 0.3) is 0 Å². The summed E-state index contributed by atoms with van der Waals surface area (Å²) >= 11 is 0. The Kier molecular flexibility index (Phi) is 5.56. The van der Waals surface area contributed by atoms with E-state index in [0.29, 0.717) is 36.0 Å². The lowest BCUT2D eigenvalue weighted by molar-refractivity contribution is -0.175. The lowest BCUT2D eigenvalue weighted by Gasteiger charge is -2.62. The summed E-state index contributed by atoms with van der Waals surface area (Å²) in [6.45, 7) is 7.48. The van der Waals surface area contributed by atoms with Crippen molar-refractivity contribution in [3.05, 3.63) is 11.9 Å². The van der Waals surface area contributed by atoms with Crippen molar-refractivity contribution in [1.82, 2.24) is 15.0 Å². The highest BCUT2D eigenvalue weighted by molar-refractivity contribution is 5.82. The molecule has 4 aliphatic carbocycles.